The van der Waals surface area contributed by atoms with Gasteiger partial charge in [-0.2, -0.15) is 0 Å². The largest absolute Gasteiger partial charge is 0.507 e. The number of halogens is 2. The Morgan fingerprint density at radius 3 is 1.17 bits per heavy atom. The number of esters is 1. The van der Waals surface area contributed by atoms with Gasteiger partial charge in [-0.3, -0.25) is 77.0 Å². The lowest BCUT2D eigenvalue weighted by Gasteiger charge is -2.25. The summed E-state index contributed by atoms with van der Waals surface area (Å²) in [4.78, 5) is 176. The van der Waals surface area contributed by atoms with Gasteiger partial charge in [0, 0.05) is 32.5 Å². The van der Waals surface area contributed by atoms with Gasteiger partial charge < -0.3 is 85.5 Å². The maximum Gasteiger partial charge on any atom is 0.323 e. The molecule has 1 fully saturated rings. The molecule has 9 N–H and O–H groups in total. The zero-order valence-corrected chi connectivity index (χ0v) is 62.1. The van der Waals surface area contributed by atoms with Crippen molar-refractivity contribution in [2.45, 2.75) is 106 Å². The SMILES string of the molecule is C.C.C.CC(=O)c1cc(C)c(O)c(C)c1.CC(=O)c1cc(Cl)c(O)c(Cl)c1.CN[C@H]1CN(C(=O)COC)c2ccccc2N(CC(=O)N[C@H](C=O)CC(=O)O)C1=O.CN[C@H]1CN(C(=O)COC)c2ccccc2N(CC(=O)N[C@H]2CC(=O)OC2C)C1=O.CN[C@H]1CN(C(=O)COC)c2ccccc2N(CC(=O)O)C1=O. The number of para-hydroxylation sites is 6. The highest BCUT2D eigenvalue weighted by atomic mass is 35.5. The summed E-state index contributed by atoms with van der Waals surface area (Å²) in [6.45, 7) is 6.82. The Morgan fingerprint density at radius 1 is 0.536 bits per heavy atom. The number of nitrogens with zero attached hydrogens (tertiary/aromatic N) is 6. The van der Waals surface area contributed by atoms with Crippen molar-refractivity contribution in [3.63, 3.8) is 0 Å². The van der Waals surface area contributed by atoms with E-state index in [1.807, 2.05) is 0 Å². The molecule has 4 heterocycles. The molecule has 0 aliphatic carbocycles. The van der Waals surface area contributed by atoms with E-state index in [1.54, 1.807) is 127 Å². The van der Waals surface area contributed by atoms with Gasteiger partial charge in [0.15, 0.2) is 17.3 Å². The smallest absolute Gasteiger partial charge is 0.323 e. The number of fused-ring (bicyclic) bond motifs is 3. The number of aldehydes is 1. The molecule has 4 aliphatic heterocycles. The first kappa shape index (κ1) is 95.3. The van der Waals surface area contributed by atoms with Crippen LogP contribution in [0, 0.1) is 13.8 Å². The number of carboxylic acid groups (broad SMARTS) is 2. The molecule has 0 radical (unpaired) electrons. The third kappa shape index (κ3) is 25.7. The molecule has 0 bridgehead atoms. The molecule has 8 amide bonds. The van der Waals surface area contributed by atoms with Gasteiger partial charge >= 0.3 is 17.9 Å². The van der Waals surface area contributed by atoms with Crippen molar-refractivity contribution < 1.29 is 106 Å². The summed E-state index contributed by atoms with van der Waals surface area (Å²) in [5, 5.41) is 50.3. The summed E-state index contributed by atoms with van der Waals surface area (Å²) in [7, 11) is 9.01. The van der Waals surface area contributed by atoms with Crippen molar-refractivity contribution in [1.29, 1.82) is 0 Å². The van der Waals surface area contributed by atoms with Crippen LogP contribution in [0.2, 0.25) is 10.0 Å². The number of phenols is 2. The lowest BCUT2D eigenvalue weighted by Crippen LogP contribution is -2.53. The lowest BCUT2D eigenvalue weighted by atomic mass is 10.0. The minimum atomic E-state index is -1.24. The van der Waals surface area contributed by atoms with E-state index < -0.39 is 91.4 Å². The molecular formula is C75H99Cl2N11O22. The zero-order valence-electron chi connectivity index (χ0n) is 60.6. The number of carbonyl (C=O) groups excluding carboxylic acids is 12. The van der Waals surface area contributed by atoms with E-state index in [0.29, 0.717) is 51.5 Å². The first-order valence-electron chi connectivity index (χ1n) is 33.0. The van der Waals surface area contributed by atoms with E-state index in [1.165, 1.54) is 76.7 Å². The normalized spacial score (nSPS) is 16.9. The molecule has 4 aliphatic rings. The van der Waals surface area contributed by atoms with Gasteiger partial charge in [-0.25, -0.2) is 0 Å². The number of rotatable bonds is 22. The van der Waals surface area contributed by atoms with Crippen LogP contribution >= 0.6 is 23.2 Å². The molecule has 1 unspecified atom stereocenters. The molecule has 33 nitrogen and oxygen atoms in total. The van der Waals surface area contributed by atoms with Gasteiger partial charge in [0.1, 0.15) is 75.7 Å². The second kappa shape index (κ2) is 45.3. The fraction of sp³-hybridized carbons (Fsp3) is 0.413. The Hall–Kier alpha value is -10.8. The highest BCUT2D eigenvalue weighted by Crippen LogP contribution is 2.37. The molecule has 110 heavy (non-hydrogen) atoms. The van der Waals surface area contributed by atoms with Crippen LogP contribution in [0.5, 0.6) is 11.5 Å². The number of carbonyl (C=O) groups is 14. The Bertz CT molecular complexity index is 4010. The highest BCUT2D eigenvalue weighted by molar-refractivity contribution is 6.37. The standard InChI is InChI=1S/C20H26N4O6.C19H24N4O7.C15H19N3O5.C10H12O2.C8H6Cl2O2.3CH4/c1-12-13(8-19(27)30-12)22-17(25)10-24-16-7-5-4-6-15(16)23(18(26)11-29-3)9-14(21-2)20(24)28;1-20-13-8-22(17(26)11-30-2)14-5-3-4-6-15(14)23(19(13)29)9-16(25)21-12(10-24)7-18(27)28;1-16-10-7-17(13(19)9-23-2)11-5-3-4-6-12(11)18(15(10)22)8-14(20)21;1-6-4-9(8(3)11)5-7(2)10(6)12;1-4(11)5-2-6(9)8(12)7(10)3-5;;;/h4-7,12-14,21H,8-11H2,1-3H3,(H,22,25);3-6,10,12-13,20H,7-9,11H2,1-2H3,(H,21,25)(H,27,28);3-6,10,16H,7-9H2,1-2H3,(H,20,21);4-5,12H,1-3H3;2-3,12H,1H3;3*1H4/t12?,13-,14-;12-,13-;10-;;;;;/m000...../s1. The van der Waals surface area contributed by atoms with Crippen molar-refractivity contribution in [2.24, 2.45) is 0 Å². The van der Waals surface area contributed by atoms with E-state index in [2.05, 4.69) is 26.6 Å². The number of anilines is 6. The quantitative estimate of drug-likeness (QED) is 0.0253. The molecule has 5 aromatic rings. The van der Waals surface area contributed by atoms with Crippen molar-refractivity contribution in [2.75, 3.05) is 131 Å². The number of hydrogen-bond donors (Lipinski definition) is 9. The maximum atomic E-state index is 13.2. The van der Waals surface area contributed by atoms with E-state index in [-0.39, 0.29) is 137 Å². The second-order valence-corrected chi connectivity index (χ2v) is 25.1. The fourth-order valence-electron chi connectivity index (χ4n) is 11.2. The predicted octanol–water partition coefficient (Wildman–Crippen LogP) is 4.89. The summed E-state index contributed by atoms with van der Waals surface area (Å²) in [5.41, 5.74) is 5.16. The average Bonchev–Trinajstić information content (AvgIpc) is 1.62. The number of amides is 8. The van der Waals surface area contributed by atoms with Crippen LogP contribution in [0.4, 0.5) is 34.1 Å². The Kier molecular flexibility index (Phi) is 39.2. The molecule has 0 spiro atoms. The number of methoxy groups -OCH3 is 3. The number of Topliss-reactive ketones (excluding diaryl/α,β-unsaturated/α-hetero) is 2. The third-order valence-corrected chi connectivity index (χ3v) is 17.2. The Morgan fingerprint density at radius 2 is 0.873 bits per heavy atom. The lowest BCUT2D eigenvalue weighted by molar-refractivity contribution is -0.141. The van der Waals surface area contributed by atoms with Crippen molar-refractivity contribution in [1.82, 2.24) is 26.6 Å². The summed E-state index contributed by atoms with van der Waals surface area (Å²) in [5.74, 6) is -6.01. The van der Waals surface area contributed by atoms with Gasteiger partial charge in [0.25, 0.3) is 17.7 Å². The molecule has 6 atom stereocenters. The number of likely N-dealkylation sites (N-methyl/N-ethyl adjacent to an activating group) is 3. The number of ether oxygens (including phenoxy) is 4. The van der Waals surface area contributed by atoms with E-state index >= 15 is 0 Å². The summed E-state index contributed by atoms with van der Waals surface area (Å²) >= 11 is 11.2. The number of ketones is 2. The molecule has 0 aromatic heterocycles. The number of aromatic hydroxyl groups is 2. The second-order valence-electron chi connectivity index (χ2n) is 24.3. The average molecular weight is 1580 g/mol. The van der Waals surface area contributed by atoms with E-state index in [0.717, 1.165) is 11.1 Å². The van der Waals surface area contributed by atoms with Crippen LogP contribution < -0.4 is 56.0 Å². The summed E-state index contributed by atoms with van der Waals surface area (Å²) in [6.07, 6.45) is -0.583. The van der Waals surface area contributed by atoms with Crippen LogP contribution in [-0.4, -0.2) is 241 Å². The van der Waals surface area contributed by atoms with Crippen LogP contribution in [0.15, 0.2) is 97.1 Å². The molecule has 5 aromatic carbocycles. The highest BCUT2D eigenvalue weighted by Gasteiger charge is 2.41. The molecule has 9 rings (SSSR count). The summed E-state index contributed by atoms with van der Waals surface area (Å²) < 4.78 is 19.9. The van der Waals surface area contributed by atoms with Gasteiger partial charge in [0.2, 0.25) is 29.5 Å². The molecule has 1 saturated heterocycles. The number of nitrogens with one attached hydrogen (secondary N) is 5. The number of carboxylic acids is 2. The van der Waals surface area contributed by atoms with Gasteiger partial charge in [-0.05, 0) is 128 Å². The van der Waals surface area contributed by atoms with Crippen molar-refractivity contribution in [3.8, 4) is 11.5 Å². The van der Waals surface area contributed by atoms with Crippen LogP contribution in [0.3, 0.4) is 0 Å². The number of aliphatic carboxylic acids is 2. The topological polar surface area (TPSA) is 436 Å². The first-order chi connectivity index (χ1) is 50.7. The number of cyclic esters (lactones) is 1. The van der Waals surface area contributed by atoms with E-state index in [4.69, 9.17) is 57.5 Å². The fourth-order valence-corrected chi connectivity index (χ4v) is 11.7. The minimum Gasteiger partial charge on any atom is -0.507 e. The van der Waals surface area contributed by atoms with E-state index in [9.17, 15) is 72.2 Å². The van der Waals surface area contributed by atoms with Crippen LogP contribution in [0.25, 0.3) is 0 Å². The van der Waals surface area contributed by atoms with Crippen LogP contribution in [0.1, 0.15) is 87.7 Å². The third-order valence-electron chi connectivity index (χ3n) is 16.7. The summed E-state index contributed by atoms with van der Waals surface area (Å²) in [6, 6.07) is 22.5. The van der Waals surface area contributed by atoms with Crippen molar-refractivity contribution in [3.05, 3.63) is 129 Å². The van der Waals surface area contributed by atoms with Gasteiger partial charge in [-0.15, -0.1) is 0 Å². The Balaban J connectivity index is 0.000000484. The number of hydrogen-bond acceptors (Lipinski definition) is 23. The molecule has 35 heteroatoms. The van der Waals surface area contributed by atoms with Crippen molar-refractivity contribution >= 4 is 140 Å². The molecular weight excluding hydrogens is 1480 g/mol. The molecule has 0 saturated carbocycles. The van der Waals surface area contributed by atoms with Gasteiger partial charge in [0.05, 0.1) is 88.7 Å². The monoisotopic (exact) mass is 1580 g/mol. The maximum absolute atomic E-state index is 13.2. The number of aryl methyl sites for hydroxylation is 2. The number of benzene rings is 5. The molecule has 600 valence electrons. The van der Waals surface area contributed by atoms with Crippen LogP contribution in [-0.2, 0) is 76.5 Å². The van der Waals surface area contributed by atoms with Gasteiger partial charge in [-0.1, -0.05) is 81.9 Å². The number of phenolic OH excluding ortho intramolecular Hbond substituents is 2. The minimum absolute atomic E-state index is 0. The zero-order chi connectivity index (χ0) is 79.7. The first-order valence-corrected chi connectivity index (χ1v) is 33.7. The predicted molar refractivity (Wildman–Crippen MR) is 414 cm³/mol. The Labute approximate surface area is 648 Å².